The molecule has 2 aromatic rings. The summed E-state index contributed by atoms with van der Waals surface area (Å²) in [6, 6.07) is 3.54. The highest BCUT2D eigenvalue weighted by Crippen LogP contribution is 2.26. The number of aromatic nitrogens is 3. The molecule has 0 fully saturated rings. The van der Waals surface area contributed by atoms with Crippen molar-refractivity contribution in [3.63, 3.8) is 0 Å². The second kappa shape index (κ2) is 6.31. The van der Waals surface area contributed by atoms with Gasteiger partial charge in [-0.2, -0.15) is 0 Å². The highest BCUT2D eigenvalue weighted by molar-refractivity contribution is 5.33. The fraction of sp³-hybridized carbons (Fsp3) is 0.385. The van der Waals surface area contributed by atoms with Gasteiger partial charge in [0.15, 0.2) is 0 Å². The molecule has 2 heterocycles. The lowest BCUT2D eigenvalue weighted by molar-refractivity contribution is 0.385. The molecule has 0 spiro atoms. The van der Waals surface area contributed by atoms with E-state index < -0.39 is 0 Å². The zero-order valence-electron chi connectivity index (χ0n) is 11.2. The summed E-state index contributed by atoms with van der Waals surface area (Å²) in [7, 11) is 1.60. The molecular formula is C13H19N5O. The average Bonchev–Trinajstić information content (AvgIpc) is 2.89. The molecule has 6 heteroatoms. The van der Waals surface area contributed by atoms with E-state index in [0.29, 0.717) is 5.88 Å². The quantitative estimate of drug-likeness (QED) is 0.604. The number of methoxy groups -OCH3 is 1. The molecule has 0 aliphatic carbocycles. The van der Waals surface area contributed by atoms with Gasteiger partial charge in [0.25, 0.3) is 0 Å². The minimum Gasteiger partial charge on any atom is -0.481 e. The molecule has 0 radical (unpaired) electrons. The van der Waals surface area contributed by atoms with E-state index in [0.717, 1.165) is 24.4 Å². The van der Waals surface area contributed by atoms with Gasteiger partial charge in [-0.1, -0.05) is 6.92 Å². The molecule has 6 nitrogen and oxygen atoms in total. The van der Waals surface area contributed by atoms with Crippen LogP contribution >= 0.6 is 0 Å². The first kappa shape index (κ1) is 13.5. The minimum absolute atomic E-state index is 0.245. The summed E-state index contributed by atoms with van der Waals surface area (Å²) in [5.41, 5.74) is 3.66. The van der Waals surface area contributed by atoms with Crippen LogP contribution in [-0.2, 0) is 6.54 Å². The Morgan fingerprint density at radius 2 is 2.26 bits per heavy atom. The normalized spacial score (nSPS) is 12.4. The fourth-order valence-electron chi connectivity index (χ4n) is 2.11. The number of nitrogens with zero attached hydrogens (tertiary/aromatic N) is 3. The summed E-state index contributed by atoms with van der Waals surface area (Å²) in [4.78, 5) is 8.59. The molecule has 1 atom stereocenters. The summed E-state index contributed by atoms with van der Waals surface area (Å²) < 4.78 is 7.36. The molecular weight excluding hydrogens is 242 g/mol. The third-order valence-electron chi connectivity index (χ3n) is 2.94. The molecule has 0 bridgehead atoms. The van der Waals surface area contributed by atoms with Crippen molar-refractivity contribution in [2.24, 2.45) is 5.84 Å². The predicted molar refractivity (Wildman–Crippen MR) is 72.5 cm³/mol. The van der Waals surface area contributed by atoms with Crippen molar-refractivity contribution in [1.82, 2.24) is 20.0 Å². The van der Waals surface area contributed by atoms with Crippen LogP contribution in [0.1, 0.15) is 30.8 Å². The maximum Gasteiger partial charge on any atom is 0.218 e. The van der Waals surface area contributed by atoms with Gasteiger partial charge in [0, 0.05) is 30.7 Å². The molecule has 3 N–H and O–H groups in total. The molecule has 0 aliphatic heterocycles. The standard InChI is InChI=1S/C13H19N5O/c1-3-8-18-9-7-15-12(18)11(17-14)10-5-4-6-16-13(10)19-2/h4-7,9,11,17H,3,8,14H2,1-2H3. The Bertz CT molecular complexity index is 525. The van der Waals surface area contributed by atoms with Gasteiger partial charge in [-0.3, -0.25) is 5.84 Å². The summed E-state index contributed by atoms with van der Waals surface area (Å²) in [6.07, 6.45) is 6.45. The Balaban J connectivity index is 2.41. The van der Waals surface area contributed by atoms with Crippen LogP contribution < -0.4 is 16.0 Å². The monoisotopic (exact) mass is 261 g/mol. The number of imidazole rings is 1. The average molecular weight is 261 g/mol. The first-order chi connectivity index (χ1) is 9.31. The zero-order chi connectivity index (χ0) is 13.7. The Labute approximate surface area is 112 Å². The Hall–Kier alpha value is -1.92. The third-order valence-corrected chi connectivity index (χ3v) is 2.94. The topological polar surface area (TPSA) is 78.0 Å². The number of hydrogen-bond acceptors (Lipinski definition) is 5. The van der Waals surface area contributed by atoms with E-state index in [1.807, 2.05) is 18.3 Å². The first-order valence-electron chi connectivity index (χ1n) is 6.27. The van der Waals surface area contributed by atoms with Crippen LogP contribution in [0.25, 0.3) is 0 Å². The predicted octanol–water partition coefficient (Wildman–Crippen LogP) is 1.25. The van der Waals surface area contributed by atoms with Crippen LogP contribution in [0.5, 0.6) is 5.88 Å². The van der Waals surface area contributed by atoms with Crippen LogP contribution in [0.3, 0.4) is 0 Å². The van der Waals surface area contributed by atoms with Crippen LogP contribution in [0.4, 0.5) is 0 Å². The van der Waals surface area contributed by atoms with Crippen LogP contribution in [0.2, 0.25) is 0 Å². The molecule has 1 unspecified atom stereocenters. The summed E-state index contributed by atoms with van der Waals surface area (Å²) >= 11 is 0. The lowest BCUT2D eigenvalue weighted by atomic mass is 10.1. The minimum atomic E-state index is -0.245. The van der Waals surface area contributed by atoms with Gasteiger partial charge < -0.3 is 9.30 Å². The van der Waals surface area contributed by atoms with E-state index in [-0.39, 0.29) is 6.04 Å². The second-order valence-corrected chi connectivity index (χ2v) is 4.18. The van der Waals surface area contributed by atoms with Crippen molar-refractivity contribution >= 4 is 0 Å². The summed E-state index contributed by atoms with van der Waals surface area (Å²) in [5, 5.41) is 0. The van der Waals surface area contributed by atoms with Crippen LogP contribution in [-0.4, -0.2) is 21.6 Å². The number of aryl methyl sites for hydroxylation is 1. The maximum atomic E-state index is 5.70. The second-order valence-electron chi connectivity index (χ2n) is 4.18. The Morgan fingerprint density at radius 3 is 2.95 bits per heavy atom. The molecule has 2 rings (SSSR count). The largest absolute Gasteiger partial charge is 0.481 e. The fourth-order valence-corrected chi connectivity index (χ4v) is 2.11. The van der Waals surface area contributed by atoms with Crippen molar-refractivity contribution in [3.8, 4) is 5.88 Å². The van der Waals surface area contributed by atoms with Gasteiger partial charge in [-0.15, -0.1) is 0 Å². The van der Waals surface area contributed by atoms with E-state index in [1.165, 1.54) is 0 Å². The van der Waals surface area contributed by atoms with Gasteiger partial charge in [-0.25, -0.2) is 15.4 Å². The number of nitrogens with two attached hydrogens (primary N) is 1. The lowest BCUT2D eigenvalue weighted by Gasteiger charge is -2.19. The summed E-state index contributed by atoms with van der Waals surface area (Å²) in [6.45, 7) is 3.02. The third kappa shape index (κ3) is 2.74. The van der Waals surface area contributed by atoms with Gasteiger partial charge in [0.05, 0.1) is 7.11 Å². The number of nitrogens with one attached hydrogen (secondary N) is 1. The van der Waals surface area contributed by atoms with Gasteiger partial charge in [-0.05, 0) is 18.6 Å². The summed E-state index contributed by atoms with van der Waals surface area (Å²) in [5.74, 6) is 7.11. The van der Waals surface area contributed by atoms with Gasteiger partial charge in [0.1, 0.15) is 11.9 Å². The van der Waals surface area contributed by atoms with E-state index in [2.05, 4.69) is 26.9 Å². The smallest absolute Gasteiger partial charge is 0.218 e. The molecule has 2 aromatic heterocycles. The van der Waals surface area contributed by atoms with Crippen LogP contribution in [0.15, 0.2) is 30.7 Å². The highest BCUT2D eigenvalue weighted by atomic mass is 16.5. The number of pyridine rings is 1. The van der Waals surface area contributed by atoms with Crippen LogP contribution in [0, 0.1) is 0 Å². The van der Waals surface area contributed by atoms with Crippen molar-refractivity contribution in [2.75, 3.05) is 7.11 Å². The van der Waals surface area contributed by atoms with Gasteiger partial charge >= 0.3 is 0 Å². The van der Waals surface area contributed by atoms with E-state index in [4.69, 9.17) is 10.6 Å². The van der Waals surface area contributed by atoms with E-state index in [9.17, 15) is 0 Å². The van der Waals surface area contributed by atoms with Crippen molar-refractivity contribution < 1.29 is 4.74 Å². The molecule has 0 aromatic carbocycles. The number of hydrazine groups is 1. The highest BCUT2D eigenvalue weighted by Gasteiger charge is 2.21. The SMILES string of the molecule is CCCn1ccnc1C(NN)c1cccnc1OC. The van der Waals surface area contributed by atoms with Crippen molar-refractivity contribution in [3.05, 3.63) is 42.1 Å². The molecule has 0 saturated heterocycles. The molecule has 0 amide bonds. The van der Waals surface area contributed by atoms with Gasteiger partial charge in [0.2, 0.25) is 5.88 Å². The molecule has 0 aliphatic rings. The number of hydrogen-bond donors (Lipinski definition) is 2. The molecule has 0 saturated carbocycles. The molecule has 19 heavy (non-hydrogen) atoms. The molecule has 102 valence electrons. The lowest BCUT2D eigenvalue weighted by Crippen LogP contribution is -2.31. The number of rotatable bonds is 6. The van der Waals surface area contributed by atoms with E-state index in [1.54, 1.807) is 19.5 Å². The zero-order valence-corrected chi connectivity index (χ0v) is 11.2. The Morgan fingerprint density at radius 1 is 1.42 bits per heavy atom. The maximum absolute atomic E-state index is 5.70. The Kier molecular flexibility index (Phi) is 4.48. The van der Waals surface area contributed by atoms with Crippen molar-refractivity contribution in [2.45, 2.75) is 25.9 Å². The van der Waals surface area contributed by atoms with Crippen molar-refractivity contribution in [1.29, 1.82) is 0 Å². The van der Waals surface area contributed by atoms with E-state index >= 15 is 0 Å². The first-order valence-corrected chi connectivity index (χ1v) is 6.27. The number of ether oxygens (including phenoxy) is 1.